The Kier molecular flexibility index (Phi) is 6.43. The molecule has 1 aliphatic rings. The quantitative estimate of drug-likeness (QED) is 0.321. The molecule has 190 valence electrons. The molecule has 0 bridgehead atoms. The molecule has 11 heteroatoms. The number of carbonyl (C=O) groups excluding carboxylic acids is 1. The van der Waals surface area contributed by atoms with Crippen molar-refractivity contribution in [1.82, 2.24) is 10.1 Å². The minimum Gasteiger partial charge on any atom is -0.481 e. The zero-order valence-electron chi connectivity index (χ0n) is 19.2. The molecule has 0 saturated carbocycles. The summed E-state index contributed by atoms with van der Waals surface area (Å²) in [6, 6.07) is 10.7. The van der Waals surface area contributed by atoms with Crippen LogP contribution >= 0.6 is 11.6 Å². The SMILES string of the molecule is Nc1noc2ccc(-c3cc(Cl)ccc3Oc3cc(F)c(C(=O)N4CCCC4CC(=O)O)cc3F)cc12. The van der Waals surface area contributed by atoms with Crippen LogP contribution < -0.4 is 10.5 Å². The van der Waals surface area contributed by atoms with Crippen LogP contribution in [-0.2, 0) is 4.79 Å². The molecule has 37 heavy (non-hydrogen) atoms. The van der Waals surface area contributed by atoms with Crippen LogP contribution in [0.4, 0.5) is 14.6 Å². The molecular weight excluding hydrogens is 508 g/mol. The summed E-state index contributed by atoms with van der Waals surface area (Å²) in [5, 5.41) is 13.8. The highest BCUT2D eigenvalue weighted by Crippen LogP contribution is 2.38. The number of halogens is 3. The van der Waals surface area contributed by atoms with Gasteiger partial charge in [0.15, 0.2) is 23.0 Å². The number of hydrogen-bond donors (Lipinski definition) is 2. The molecule has 1 aliphatic heterocycles. The molecule has 2 heterocycles. The van der Waals surface area contributed by atoms with Crippen molar-refractivity contribution in [3.8, 4) is 22.6 Å². The first-order valence-electron chi connectivity index (χ1n) is 11.4. The number of fused-ring (bicyclic) bond motifs is 1. The summed E-state index contributed by atoms with van der Waals surface area (Å²) in [7, 11) is 0. The van der Waals surface area contributed by atoms with Crippen molar-refractivity contribution < 1.29 is 32.7 Å². The molecule has 0 aliphatic carbocycles. The van der Waals surface area contributed by atoms with Gasteiger partial charge in [-0.15, -0.1) is 0 Å². The number of carbonyl (C=O) groups is 2. The van der Waals surface area contributed by atoms with Crippen LogP contribution in [0.25, 0.3) is 22.1 Å². The van der Waals surface area contributed by atoms with Crippen LogP contribution in [0.3, 0.4) is 0 Å². The Morgan fingerprint density at radius 1 is 1.14 bits per heavy atom. The van der Waals surface area contributed by atoms with Crippen molar-refractivity contribution >= 4 is 40.3 Å². The van der Waals surface area contributed by atoms with Gasteiger partial charge in [0, 0.05) is 29.2 Å². The van der Waals surface area contributed by atoms with Gasteiger partial charge in [-0.1, -0.05) is 22.8 Å². The number of amides is 1. The number of hydrogen-bond acceptors (Lipinski definition) is 6. The number of carboxylic acid groups (broad SMARTS) is 1. The Morgan fingerprint density at radius 3 is 2.73 bits per heavy atom. The number of nitrogens with two attached hydrogens (primary N) is 1. The van der Waals surface area contributed by atoms with Gasteiger partial charge in [-0.3, -0.25) is 9.59 Å². The molecular formula is C26H20ClF2N3O5. The molecule has 1 saturated heterocycles. The average Bonchev–Trinajstić information content (AvgIpc) is 3.47. The van der Waals surface area contributed by atoms with Crippen molar-refractivity contribution in [1.29, 1.82) is 0 Å². The van der Waals surface area contributed by atoms with E-state index in [9.17, 15) is 9.59 Å². The minimum atomic E-state index is -1.07. The number of nitrogens with zero attached hydrogens (tertiary/aromatic N) is 2. The second kappa shape index (κ2) is 9.70. The number of ether oxygens (including phenoxy) is 1. The molecule has 3 N–H and O–H groups in total. The molecule has 1 unspecified atom stereocenters. The van der Waals surface area contributed by atoms with E-state index in [2.05, 4.69) is 5.16 Å². The van der Waals surface area contributed by atoms with E-state index in [4.69, 9.17) is 31.7 Å². The van der Waals surface area contributed by atoms with Gasteiger partial charge in [-0.2, -0.15) is 0 Å². The summed E-state index contributed by atoms with van der Waals surface area (Å²) in [6.07, 6.45) is 0.804. The molecule has 1 aromatic heterocycles. The normalized spacial score (nSPS) is 15.3. The van der Waals surface area contributed by atoms with Gasteiger partial charge in [0.25, 0.3) is 5.91 Å². The molecule has 8 nitrogen and oxygen atoms in total. The fraction of sp³-hybridized carbons (Fsp3) is 0.192. The number of aliphatic carboxylic acids is 1. The van der Waals surface area contributed by atoms with Crippen molar-refractivity contribution in [2.24, 2.45) is 0 Å². The fourth-order valence-corrected chi connectivity index (χ4v) is 4.67. The largest absolute Gasteiger partial charge is 0.481 e. The van der Waals surface area contributed by atoms with Crippen molar-refractivity contribution in [2.75, 3.05) is 12.3 Å². The summed E-state index contributed by atoms with van der Waals surface area (Å²) in [6.45, 7) is 0.269. The van der Waals surface area contributed by atoms with Gasteiger partial charge in [0.05, 0.1) is 17.4 Å². The third-order valence-corrected chi connectivity index (χ3v) is 6.51. The second-order valence-corrected chi connectivity index (χ2v) is 9.11. The second-order valence-electron chi connectivity index (χ2n) is 8.68. The Labute approximate surface area is 214 Å². The molecule has 0 radical (unpaired) electrons. The molecule has 5 rings (SSSR count). The summed E-state index contributed by atoms with van der Waals surface area (Å²) < 4.78 is 41.0. The first-order chi connectivity index (χ1) is 17.7. The summed E-state index contributed by atoms with van der Waals surface area (Å²) >= 11 is 6.19. The maximum absolute atomic E-state index is 15.1. The third-order valence-electron chi connectivity index (χ3n) is 6.27. The third kappa shape index (κ3) is 4.79. The van der Waals surface area contributed by atoms with Gasteiger partial charge in [0.2, 0.25) is 0 Å². The first kappa shape index (κ1) is 24.5. The number of benzene rings is 3. The van der Waals surface area contributed by atoms with E-state index in [-0.39, 0.29) is 24.5 Å². The number of aromatic nitrogens is 1. The van der Waals surface area contributed by atoms with Gasteiger partial charge in [-0.05, 0) is 54.8 Å². The summed E-state index contributed by atoms with van der Waals surface area (Å²) in [5.74, 6) is -3.85. The van der Waals surface area contributed by atoms with Gasteiger partial charge < -0.3 is 25.0 Å². The van der Waals surface area contributed by atoms with E-state index in [1.54, 1.807) is 24.3 Å². The molecule has 4 aromatic rings. The number of likely N-dealkylation sites (tertiary alicyclic amines) is 1. The standard InChI is InChI=1S/C26H20ClF2N3O5/c27-14-4-6-21(16(9-14)13-3-5-22-18(8-13)25(30)31-37-22)36-23-12-19(28)17(11-20(23)29)26(35)32-7-1-2-15(32)10-24(33)34/h3-6,8-9,11-12,15H,1-2,7,10H2,(H2,30,31)(H,33,34). The topological polar surface area (TPSA) is 119 Å². The van der Waals surface area contributed by atoms with E-state index >= 15 is 8.78 Å². The fourth-order valence-electron chi connectivity index (χ4n) is 4.50. The molecule has 1 amide bonds. The van der Waals surface area contributed by atoms with Crippen LogP contribution in [0, 0.1) is 11.6 Å². The number of carboxylic acids is 1. The van der Waals surface area contributed by atoms with Gasteiger partial charge >= 0.3 is 5.97 Å². The highest BCUT2D eigenvalue weighted by molar-refractivity contribution is 6.31. The van der Waals surface area contributed by atoms with Crippen LogP contribution in [0.1, 0.15) is 29.6 Å². The Morgan fingerprint density at radius 2 is 1.95 bits per heavy atom. The molecule has 3 aromatic carbocycles. The highest BCUT2D eigenvalue weighted by atomic mass is 35.5. The lowest BCUT2D eigenvalue weighted by molar-refractivity contribution is -0.137. The lowest BCUT2D eigenvalue weighted by Crippen LogP contribution is -2.37. The highest BCUT2D eigenvalue weighted by Gasteiger charge is 2.33. The van der Waals surface area contributed by atoms with Gasteiger partial charge in [0.1, 0.15) is 11.6 Å². The van der Waals surface area contributed by atoms with E-state index in [0.29, 0.717) is 40.0 Å². The monoisotopic (exact) mass is 527 g/mol. The maximum Gasteiger partial charge on any atom is 0.305 e. The first-order valence-corrected chi connectivity index (χ1v) is 11.7. The predicted octanol–water partition coefficient (Wildman–Crippen LogP) is 5.88. The lowest BCUT2D eigenvalue weighted by atomic mass is 10.0. The van der Waals surface area contributed by atoms with Gasteiger partial charge in [-0.25, -0.2) is 8.78 Å². The number of anilines is 1. The van der Waals surface area contributed by atoms with E-state index in [0.717, 1.165) is 12.1 Å². The lowest BCUT2D eigenvalue weighted by Gasteiger charge is -2.24. The average molecular weight is 528 g/mol. The van der Waals surface area contributed by atoms with Crippen LogP contribution in [-0.4, -0.2) is 39.6 Å². The molecule has 1 fully saturated rings. The Hall–Kier alpha value is -4.18. The Balaban J connectivity index is 1.46. The van der Waals surface area contributed by atoms with E-state index in [1.807, 2.05) is 0 Å². The number of nitrogen functional groups attached to an aromatic ring is 1. The zero-order valence-corrected chi connectivity index (χ0v) is 20.0. The van der Waals surface area contributed by atoms with Crippen molar-refractivity contribution in [3.63, 3.8) is 0 Å². The smallest absolute Gasteiger partial charge is 0.305 e. The zero-order chi connectivity index (χ0) is 26.3. The van der Waals surface area contributed by atoms with Crippen LogP contribution in [0.2, 0.25) is 5.02 Å². The molecule has 0 spiro atoms. The van der Waals surface area contributed by atoms with E-state index < -0.39 is 40.9 Å². The van der Waals surface area contributed by atoms with Crippen molar-refractivity contribution in [3.05, 3.63) is 70.8 Å². The predicted molar refractivity (Wildman–Crippen MR) is 132 cm³/mol. The summed E-state index contributed by atoms with van der Waals surface area (Å²) in [4.78, 5) is 25.3. The minimum absolute atomic E-state index is 0.178. The van der Waals surface area contributed by atoms with Crippen LogP contribution in [0.5, 0.6) is 11.5 Å². The maximum atomic E-state index is 15.1. The number of rotatable bonds is 6. The van der Waals surface area contributed by atoms with E-state index in [1.165, 1.54) is 17.0 Å². The summed E-state index contributed by atoms with van der Waals surface area (Å²) in [5.41, 5.74) is 6.93. The molecule has 1 atom stereocenters. The Bertz CT molecular complexity index is 1540. The van der Waals surface area contributed by atoms with Crippen LogP contribution in [0.15, 0.2) is 53.1 Å². The van der Waals surface area contributed by atoms with Crippen molar-refractivity contribution in [2.45, 2.75) is 25.3 Å².